The molecule has 0 atom stereocenters. The summed E-state index contributed by atoms with van der Waals surface area (Å²) < 4.78 is 11.9. The van der Waals surface area contributed by atoms with Crippen LogP contribution < -0.4 is 10.3 Å². The van der Waals surface area contributed by atoms with Crippen molar-refractivity contribution in [3.8, 4) is 17.0 Å². The van der Waals surface area contributed by atoms with Crippen LogP contribution in [0.4, 0.5) is 0 Å². The summed E-state index contributed by atoms with van der Waals surface area (Å²) in [6.07, 6.45) is -0.117. The van der Waals surface area contributed by atoms with E-state index in [2.05, 4.69) is 14.8 Å². The number of rotatable bonds is 6. The summed E-state index contributed by atoms with van der Waals surface area (Å²) in [6.45, 7) is 2.18. The third kappa shape index (κ3) is 3.96. The molecule has 2 aromatic carbocycles. The van der Waals surface area contributed by atoms with E-state index < -0.39 is 5.97 Å². The Balaban J connectivity index is 1.64. The standard InChI is InChI=1S/C23H21N3O4/c1-15-19(12-22(27)29-2)23(28)26-21(24-15)13-20(25-26)17-9-6-10-18(11-17)30-14-16-7-4-3-5-8-16/h3-11,13,25H,12,14H2,1-2H3. The lowest BCUT2D eigenvalue weighted by Gasteiger charge is -2.07. The zero-order chi connectivity index (χ0) is 21.1. The SMILES string of the molecule is COC(=O)Cc1c(C)nc2cc(-c3cccc(OCc4ccccc4)c3)[nH]n2c1=O. The third-order valence-electron chi connectivity index (χ3n) is 4.86. The van der Waals surface area contributed by atoms with Gasteiger partial charge in [0, 0.05) is 17.3 Å². The molecule has 0 fully saturated rings. The molecule has 30 heavy (non-hydrogen) atoms. The van der Waals surface area contributed by atoms with Crippen molar-refractivity contribution in [2.24, 2.45) is 0 Å². The molecule has 0 aliphatic heterocycles. The van der Waals surface area contributed by atoms with Crippen LogP contribution in [0.15, 0.2) is 65.5 Å². The first kappa shape index (κ1) is 19.4. The largest absolute Gasteiger partial charge is 0.489 e. The number of hydrogen-bond acceptors (Lipinski definition) is 5. The van der Waals surface area contributed by atoms with Crippen molar-refractivity contribution in [3.63, 3.8) is 0 Å². The second-order valence-corrected chi connectivity index (χ2v) is 6.90. The van der Waals surface area contributed by atoms with Crippen molar-refractivity contribution in [1.29, 1.82) is 0 Å². The van der Waals surface area contributed by atoms with Gasteiger partial charge in [-0.05, 0) is 24.6 Å². The molecule has 4 rings (SSSR count). The first-order valence-electron chi connectivity index (χ1n) is 9.50. The van der Waals surface area contributed by atoms with Gasteiger partial charge in [-0.15, -0.1) is 0 Å². The summed E-state index contributed by atoms with van der Waals surface area (Å²) in [5.74, 6) is 0.241. The number of fused-ring (bicyclic) bond motifs is 1. The lowest BCUT2D eigenvalue weighted by molar-refractivity contribution is -0.139. The first-order valence-corrected chi connectivity index (χ1v) is 9.50. The molecule has 0 bridgehead atoms. The molecule has 2 aromatic heterocycles. The van der Waals surface area contributed by atoms with E-state index in [1.807, 2.05) is 54.6 Å². The van der Waals surface area contributed by atoms with Gasteiger partial charge in [-0.25, -0.2) is 9.50 Å². The Kier molecular flexibility index (Phi) is 5.34. The first-order chi connectivity index (χ1) is 14.5. The van der Waals surface area contributed by atoms with Gasteiger partial charge in [-0.3, -0.25) is 14.7 Å². The highest BCUT2D eigenvalue weighted by molar-refractivity contribution is 5.73. The second kappa shape index (κ2) is 8.24. The minimum absolute atomic E-state index is 0.117. The number of benzene rings is 2. The van der Waals surface area contributed by atoms with Crippen LogP contribution in [0.2, 0.25) is 0 Å². The number of aryl methyl sites for hydroxylation is 1. The van der Waals surface area contributed by atoms with Crippen molar-refractivity contribution in [1.82, 2.24) is 14.6 Å². The molecule has 0 aliphatic rings. The molecule has 7 nitrogen and oxygen atoms in total. The van der Waals surface area contributed by atoms with E-state index in [-0.39, 0.29) is 12.0 Å². The van der Waals surface area contributed by atoms with Crippen LogP contribution in [0, 0.1) is 6.92 Å². The topological polar surface area (TPSA) is 85.7 Å². The number of hydrogen-bond donors (Lipinski definition) is 1. The monoisotopic (exact) mass is 403 g/mol. The Labute approximate surface area is 172 Å². The van der Waals surface area contributed by atoms with Crippen LogP contribution in [0.25, 0.3) is 16.9 Å². The summed E-state index contributed by atoms with van der Waals surface area (Å²) in [4.78, 5) is 28.9. The van der Waals surface area contributed by atoms with E-state index in [1.54, 1.807) is 13.0 Å². The van der Waals surface area contributed by atoms with E-state index in [0.29, 0.717) is 23.5 Å². The minimum Gasteiger partial charge on any atom is -0.489 e. The molecule has 0 unspecified atom stereocenters. The number of carbonyl (C=O) groups excluding carboxylic acids is 1. The van der Waals surface area contributed by atoms with Crippen LogP contribution in [-0.2, 0) is 22.6 Å². The maximum Gasteiger partial charge on any atom is 0.310 e. The molecule has 152 valence electrons. The van der Waals surface area contributed by atoms with Crippen LogP contribution >= 0.6 is 0 Å². The number of methoxy groups -OCH3 is 1. The fourth-order valence-corrected chi connectivity index (χ4v) is 3.23. The summed E-state index contributed by atoms with van der Waals surface area (Å²) in [6, 6.07) is 19.3. The molecule has 0 saturated heterocycles. The fraction of sp³-hybridized carbons (Fsp3) is 0.174. The quantitative estimate of drug-likeness (QED) is 0.499. The maximum atomic E-state index is 12.8. The van der Waals surface area contributed by atoms with Gasteiger partial charge in [-0.2, -0.15) is 0 Å². The van der Waals surface area contributed by atoms with Crippen molar-refractivity contribution in [2.75, 3.05) is 7.11 Å². The van der Waals surface area contributed by atoms with Gasteiger partial charge in [0.1, 0.15) is 12.4 Å². The zero-order valence-corrected chi connectivity index (χ0v) is 16.7. The van der Waals surface area contributed by atoms with Crippen molar-refractivity contribution < 1.29 is 14.3 Å². The number of H-pyrrole nitrogens is 1. The Morgan fingerprint density at radius 1 is 1.10 bits per heavy atom. The second-order valence-electron chi connectivity index (χ2n) is 6.90. The van der Waals surface area contributed by atoms with E-state index in [9.17, 15) is 9.59 Å². The highest BCUT2D eigenvalue weighted by Gasteiger charge is 2.16. The predicted molar refractivity (Wildman–Crippen MR) is 112 cm³/mol. The Hall–Kier alpha value is -3.87. The number of aromatic nitrogens is 3. The Morgan fingerprint density at radius 3 is 2.67 bits per heavy atom. The van der Waals surface area contributed by atoms with Gasteiger partial charge in [-0.1, -0.05) is 42.5 Å². The predicted octanol–water partition coefficient (Wildman–Crippen LogP) is 3.29. The molecule has 0 amide bonds. The Bertz CT molecular complexity index is 1260. The van der Waals surface area contributed by atoms with E-state index in [4.69, 9.17) is 4.74 Å². The number of nitrogens with one attached hydrogen (secondary N) is 1. The van der Waals surface area contributed by atoms with Gasteiger partial charge in [0.2, 0.25) is 0 Å². The maximum absolute atomic E-state index is 12.8. The van der Waals surface area contributed by atoms with E-state index in [0.717, 1.165) is 22.6 Å². The molecule has 0 saturated carbocycles. The van der Waals surface area contributed by atoms with Gasteiger partial charge < -0.3 is 9.47 Å². The van der Waals surface area contributed by atoms with E-state index in [1.165, 1.54) is 11.6 Å². The number of nitrogens with zero attached hydrogens (tertiary/aromatic N) is 2. The fourth-order valence-electron chi connectivity index (χ4n) is 3.23. The molecule has 0 radical (unpaired) electrons. The molecule has 7 heteroatoms. The van der Waals surface area contributed by atoms with Gasteiger partial charge >= 0.3 is 5.97 Å². The van der Waals surface area contributed by atoms with Crippen LogP contribution in [0.5, 0.6) is 5.75 Å². The van der Waals surface area contributed by atoms with Crippen molar-refractivity contribution >= 4 is 11.6 Å². The lowest BCUT2D eigenvalue weighted by atomic mass is 10.1. The average molecular weight is 403 g/mol. The van der Waals surface area contributed by atoms with Crippen LogP contribution in [0.3, 0.4) is 0 Å². The molecular formula is C23H21N3O4. The average Bonchev–Trinajstić information content (AvgIpc) is 3.20. The third-order valence-corrected chi connectivity index (χ3v) is 4.86. The summed E-state index contributed by atoms with van der Waals surface area (Å²) >= 11 is 0. The van der Waals surface area contributed by atoms with Crippen molar-refractivity contribution in [3.05, 3.63) is 87.8 Å². The Morgan fingerprint density at radius 2 is 1.90 bits per heavy atom. The number of aromatic amines is 1. The lowest BCUT2D eigenvalue weighted by Crippen LogP contribution is -2.24. The number of carbonyl (C=O) groups is 1. The molecule has 0 spiro atoms. The number of esters is 1. The zero-order valence-electron chi connectivity index (χ0n) is 16.7. The van der Waals surface area contributed by atoms with Crippen LogP contribution in [-0.4, -0.2) is 27.7 Å². The van der Waals surface area contributed by atoms with E-state index >= 15 is 0 Å². The number of ether oxygens (including phenoxy) is 2. The summed E-state index contributed by atoms with van der Waals surface area (Å²) in [5, 5.41) is 3.07. The van der Waals surface area contributed by atoms with Crippen molar-refractivity contribution in [2.45, 2.75) is 20.0 Å². The van der Waals surface area contributed by atoms with Gasteiger partial charge in [0.05, 0.1) is 24.8 Å². The minimum atomic E-state index is -0.480. The molecule has 4 aromatic rings. The van der Waals surface area contributed by atoms with Gasteiger partial charge in [0.15, 0.2) is 5.65 Å². The normalized spacial score (nSPS) is 10.9. The smallest absolute Gasteiger partial charge is 0.310 e. The molecule has 0 aliphatic carbocycles. The van der Waals surface area contributed by atoms with Gasteiger partial charge in [0.25, 0.3) is 5.56 Å². The molecule has 2 heterocycles. The molecular weight excluding hydrogens is 382 g/mol. The van der Waals surface area contributed by atoms with Crippen LogP contribution in [0.1, 0.15) is 16.8 Å². The molecule has 1 N–H and O–H groups in total. The highest BCUT2D eigenvalue weighted by Crippen LogP contribution is 2.24. The summed E-state index contributed by atoms with van der Waals surface area (Å²) in [5.41, 5.74) is 3.65. The highest BCUT2D eigenvalue weighted by atomic mass is 16.5. The summed E-state index contributed by atoms with van der Waals surface area (Å²) in [7, 11) is 1.29.